The van der Waals surface area contributed by atoms with Gasteiger partial charge in [-0.15, -0.1) is 0 Å². The molecule has 0 heterocycles. The Morgan fingerprint density at radius 3 is 2.33 bits per heavy atom. The van der Waals surface area contributed by atoms with Crippen molar-refractivity contribution in [2.45, 2.75) is 32.9 Å². The molecule has 0 saturated carbocycles. The van der Waals surface area contributed by atoms with Crippen molar-refractivity contribution in [3.8, 4) is 5.75 Å². The summed E-state index contributed by atoms with van der Waals surface area (Å²) in [4.78, 5) is 27.9. The summed E-state index contributed by atoms with van der Waals surface area (Å²) in [5.74, 6) is 0.0758. The maximum Gasteiger partial charge on any atom is 0.261 e. The predicted octanol–water partition coefficient (Wildman–Crippen LogP) is 4.72. The summed E-state index contributed by atoms with van der Waals surface area (Å²) in [5.41, 5.74) is 3.95. The average molecular weight is 465 g/mol. The molecule has 0 aliphatic rings. The Labute approximate surface area is 200 Å². The van der Waals surface area contributed by atoms with E-state index in [1.54, 1.807) is 18.0 Å². The molecule has 0 saturated heterocycles. The minimum Gasteiger partial charge on any atom is -0.484 e. The van der Waals surface area contributed by atoms with Gasteiger partial charge in [0.05, 0.1) is 0 Å². The maximum absolute atomic E-state index is 13.4. The van der Waals surface area contributed by atoms with Gasteiger partial charge in [-0.3, -0.25) is 9.59 Å². The molecule has 0 aliphatic heterocycles. The topological polar surface area (TPSA) is 58.6 Å². The molecule has 5 nitrogen and oxygen atoms in total. The monoisotopic (exact) mass is 464 g/mol. The van der Waals surface area contributed by atoms with E-state index < -0.39 is 6.04 Å². The Balaban J connectivity index is 1.88. The number of carbonyl (C=O) groups excluding carboxylic acids is 2. The van der Waals surface area contributed by atoms with Crippen molar-refractivity contribution in [3.63, 3.8) is 0 Å². The number of benzene rings is 3. The van der Waals surface area contributed by atoms with Crippen molar-refractivity contribution in [1.29, 1.82) is 0 Å². The van der Waals surface area contributed by atoms with E-state index in [2.05, 4.69) is 5.32 Å². The van der Waals surface area contributed by atoms with E-state index in [0.29, 0.717) is 17.2 Å². The van der Waals surface area contributed by atoms with Crippen LogP contribution in [0.2, 0.25) is 5.02 Å². The van der Waals surface area contributed by atoms with E-state index in [4.69, 9.17) is 16.3 Å². The fourth-order valence-electron chi connectivity index (χ4n) is 3.56. The zero-order chi connectivity index (χ0) is 23.8. The third kappa shape index (κ3) is 6.59. The zero-order valence-corrected chi connectivity index (χ0v) is 19.9. The van der Waals surface area contributed by atoms with Crippen molar-refractivity contribution >= 4 is 23.4 Å². The number of aryl methyl sites for hydroxylation is 2. The molecule has 0 radical (unpaired) electrons. The number of hydrogen-bond acceptors (Lipinski definition) is 3. The van der Waals surface area contributed by atoms with Gasteiger partial charge in [0.15, 0.2) is 6.61 Å². The molecule has 0 aliphatic carbocycles. The highest BCUT2D eigenvalue weighted by Crippen LogP contribution is 2.21. The number of nitrogens with one attached hydrogen (secondary N) is 1. The van der Waals surface area contributed by atoms with Gasteiger partial charge in [-0.2, -0.15) is 0 Å². The molecule has 0 bridgehead atoms. The number of hydrogen-bond donors (Lipinski definition) is 1. The predicted molar refractivity (Wildman–Crippen MR) is 131 cm³/mol. The summed E-state index contributed by atoms with van der Waals surface area (Å²) < 4.78 is 5.81. The van der Waals surface area contributed by atoms with E-state index in [1.165, 1.54) is 0 Å². The number of rotatable bonds is 9. The summed E-state index contributed by atoms with van der Waals surface area (Å²) in [6, 6.07) is 22.0. The number of amides is 2. The van der Waals surface area contributed by atoms with Crippen molar-refractivity contribution in [3.05, 3.63) is 100 Å². The van der Waals surface area contributed by atoms with Crippen LogP contribution < -0.4 is 10.1 Å². The molecular weight excluding hydrogens is 436 g/mol. The largest absolute Gasteiger partial charge is 0.484 e. The molecule has 2 amide bonds. The first-order chi connectivity index (χ1) is 15.9. The molecule has 0 spiro atoms. The van der Waals surface area contributed by atoms with E-state index in [0.717, 1.165) is 22.3 Å². The van der Waals surface area contributed by atoms with Gasteiger partial charge in [-0.1, -0.05) is 66.2 Å². The highest BCUT2D eigenvalue weighted by atomic mass is 35.5. The van der Waals surface area contributed by atoms with Crippen LogP contribution in [-0.2, 0) is 22.6 Å². The number of likely N-dealkylation sites (N-methyl/N-ethyl adjacent to an activating group) is 1. The lowest BCUT2D eigenvalue weighted by atomic mass is 10.0. The number of ether oxygens (including phenoxy) is 1. The summed E-state index contributed by atoms with van der Waals surface area (Å²) in [6.45, 7) is 4.03. The molecular formula is C27H29ClN2O3. The first kappa shape index (κ1) is 24.3. The smallest absolute Gasteiger partial charge is 0.261 e. The van der Waals surface area contributed by atoms with Crippen LogP contribution in [0.15, 0.2) is 72.8 Å². The highest BCUT2D eigenvalue weighted by molar-refractivity contribution is 6.31. The third-order valence-corrected chi connectivity index (χ3v) is 6.03. The van der Waals surface area contributed by atoms with Gasteiger partial charge in [-0.05, 0) is 54.3 Å². The van der Waals surface area contributed by atoms with Gasteiger partial charge < -0.3 is 15.0 Å². The molecule has 3 aromatic rings. The molecule has 3 aromatic carbocycles. The van der Waals surface area contributed by atoms with Crippen LogP contribution in [0.4, 0.5) is 0 Å². The third-order valence-electron chi connectivity index (χ3n) is 5.66. The Morgan fingerprint density at radius 1 is 0.970 bits per heavy atom. The SMILES string of the molecule is CNC(=O)[C@@H](Cc1ccccc1)N(Cc1ccccc1Cl)C(=O)COc1ccc(C)c(C)c1. The Morgan fingerprint density at radius 2 is 1.67 bits per heavy atom. The summed E-state index contributed by atoms with van der Waals surface area (Å²) in [7, 11) is 1.57. The summed E-state index contributed by atoms with van der Waals surface area (Å²) in [6.07, 6.45) is 0.375. The van der Waals surface area contributed by atoms with Crippen LogP contribution >= 0.6 is 11.6 Å². The highest BCUT2D eigenvalue weighted by Gasteiger charge is 2.30. The van der Waals surface area contributed by atoms with Crippen LogP contribution in [0.25, 0.3) is 0 Å². The fraction of sp³-hybridized carbons (Fsp3) is 0.259. The first-order valence-electron chi connectivity index (χ1n) is 10.9. The van der Waals surface area contributed by atoms with E-state index in [9.17, 15) is 9.59 Å². The van der Waals surface area contributed by atoms with Gasteiger partial charge in [-0.25, -0.2) is 0 Å². The van der Waals surface area contributed by atoms with E-state index in [-0.39, 0.29) is 25.0 Å². The number of halogens is 1. The van der Waals surface area contributed by atoms with Gasteiger partial charge in [0.2, 0.25) is 5.91 Å². The minimum atomic E-state index is -0.718. The molecule has 3 rings (SSSR count). The van der Waals surface area contributed by atoms with E-state index >= 15 is 0 Å². The molecule has 0 fully saturated rings. The zero-order valence-electron chi connectivity index (χ0n) is 19.2. The number of carbonyl (C=O) groups is 2. The molecule has 1 N–H and O–H groups in total. The Kier molecular flexibility index (Phi) is 8.50. The second-order valence-electron chi connectivity index (χ2n) is 7.97. The van der Waals surface area contributed by atoms with Crippen LogP contribution in [0, 0.1) is 13.8 Å². The van der Waals surface area contributed by atoms with E-state index in [1.807, 2.05) is 80.6 Å². The van der Waals surface area contributed by atoms with Crippen molar-refractivity contribution in [2.24, 2.45) is 0 Å². The van der Waals surface area contributed by atoms with Gasteiger partial charge in [0.1, 0.15) is 11.8 Å². The second kappa shape index (κ2) is 11.5. The Hall–Kier alpha value is -3.31. The molecule has 172 valence electrons. The fourth-order valence-corrected chi connectivity index (χ4v) is 3.76. The molecule has 6 heteroatoms. The molecule has 0 unspecified atom stereocenters. The number of nitrogens with zero attached hydrogens (tertiary/aromatic N) is 1. The Bertz CT molecular complexity index is 1100. The minimum absolute atomic E-state index is 0.185. The lowest BCUT2D eigenvalue weighted by Gasteiger charge is -2.31. The van der Waals surface area contributed by atoms with Crippen molar-refractivity contribution in [1.82, 2.24) is 10.2 Å². The lowest BCUT2D eigenvalue weighted by Crippen LogP contribution is -2.51. The van der Waals surface area contributed by atoms with Crippen molar-refractivity contribution in [2.75, 3.05) is 13.7 Å². The van der Waals surface area contributed by atoms with Crippen LogP contribution in [0.3, 0.4) is 0 Å². The second-order valence-corrected chi connectivity index (χ2v) is 8.37. The van der Waals surface area contributed by atoms with Gasteiger partial charge in [0, 0.05) is 25.0 Å². The van der Waals surface area contributed by atoms with Crippen molar-refractivity contribution < 1.29 is 14.3 Å². The van der Waals surface area contributed by atoms with Crippen LogP contribution in [0.1, 0.15) is 22.3 Å². The normalized spacial score (nSPS) is 11.5. The maximum atomic E-state index is 13.4. The summed E-state index contributed by atoms with van der Waals surface area (Å²) in [5, 5.41) is 3.24. The molecule has 33 heavy (non-hydrogen) atoms. The quantitative estimate of drug-likeness (QED) is 0.498. The van der Waals surface area contributed by atoms with Crippen LogP contribution in [0.5, 0.6) is 5.75 Å². The molecule has 1 atom stereocenters. The average Bonchev–Trinajstić information content (AvgIpc) is 2.83. The standard InChI is InChI=1S/C27H29ClN2O3/c1-19-13-14-23(15-20(19)2)33-18-26(31)30(17-22-11-7-8-12-24(22)28)25(27(32)29-3)16-21-9-5-4-6-10-21/h4-15,25H,16-18H2,1-3H3,(H,29,32)/t25-/m1/s1. The summed E-state index contributed by atoms with van der Waals surface area (Å²) >= 11 is 6.39. The van der Waals surface area contributed by atoms with Gasteiger partial charge >= 0.3 is 0 Å². The first-order valence-corrected chi connectivity index (χ1v) is 11.2. The lowest BCUT2D eigenvalue weighted by molar-refractivity contribution is -0.142. The van der Waals surface area contributed by atoms with Gasteiger partial charge in [0.25, 0.3) is 5.91 Å². The van der Waals surface area contributed by atoms with Crippen LogP contribution in [-0.4, -0.2) is 36.4 Å². The molecule has 0 aromatic heterocycles.